The summed E-state index contributed by atoms with van der Waals surface area (Å²) in [4.78, 5) is 12.8. The first-order valence-electron chi connectivity index (χ1n) is 9.38. The van der Waals surface area contributed by atoms with Crippen molar-refractivity contribution in [2.45, 2.75) is 24.7 Å². The zero-order valence-corrected chi connectivity index (χ0v) is 17.9. The first-order chi connectivity index (χ1) is 14.8. The van der Waals surface area contributed by atoms with Crippen LogP contribution in [0.4, 0.5) is 24.7 Å². The number of aromatic nitrogens is 2. The summed E-state index contributed by atoms with van der Waals surface area (Å²) in [6.45, 7) is 0. The number of fused-ring (bicyclic) bond motifs is 1. The average molecular weight is 495 g/mol. The number of nitrogens with zero attached hydrogens (tertiary/aromatic N) is 2. The third kappa shape index (κ3) is 4.39. The van der Waals surface area contributed by atoms with Gasteiger partial charge in [-0.05, 0) is 42.0 Å². The highest BCUT2D eigenvalue weighted by molar-refractivity contribution is 9.10. The number of rotatable bonds is 4. The molecule has 0 aliphatic carbocycles. The molecule has 0 saturated carbocycles. The van der Waals surface area contributed by atoms with Gasteiger partial charge >= 0.3 is 6.18 Å². The Morgan fingerprint density at radius 3 is 2.68 bits per heavy atom. The molecule has 1 aliphatic heterocycles. The molecule has 1 aromatic heterocycles. The summed E-state index contributed by atoms with van der Waals surface area (Å²) < 4.78 is 48.4. The lowest BCUT2D eigenvalue weighted by Crippen LogP contribution is -2.36. The Bertz CT molecular complexity index is 1100. The zero-order valence-electron chi connectivity index (χ0n) is 16.3. The molecule has 0 radical (unpaired) electrons. The van der Waals surface area contributed by atoms with Gasteiger partial charge in [0.05, 0.1) is 19.3 Å². The summed E-state index contributed by atoms with van der Waals surface area (Å²) in [5.74, 6) is 0.00874. The topological polar surface area (TPSA) is 68.2 Å². The lowest BCUT2D eigenvalue weighted by atomic mass is 9.96. The first-order valence-corrected chi connectivity index (χ1v) is 10.2. The summed E-state index contributed by atoms with van der Waals surface area (Å²) in [5, 5.41) is 9.65. The van der Waals surface area contributed by atoms with E-state index in [1.165, 1.54) is 7.11 Å². The second-order valence-corrected chi connectivity index (χ2v) is 7.99. The van der Waals surface area contributed by atoms with Crippen LogP contribution in [0.25, 0.3) is 0 Å². The van der Waals surface area contributed by atoms with E-state index in [0.717, 1.165) is 15.4 Å². The fourth-order valence-corrected chi connectivity index (χ4v) is 3.80. The molecule has 2 N–H and O–H groups in total. The van der Waals surface area contributed by atoms with Crippen LogP contribution >= 0.6 is 15.9 Å². The van der Waals surface area contributed by atoms with Crippen molar-refractivity contribution in [1.29, 1.82) is 0 Å². The van der Waals surface area contributed by atoms with Gasteiger partial charge in [-0.25, -0.2) is 4.68 Å². The minimum absolute atomic E-state index is 0.0241. The number of hydrogen-bond acceptors (Lipinski definition) is 4. The van der Waals surface area contributed by atoms with E-state index in [2.05, 4.69) is 31.7 Å². The van der Waals surface area contributed by atoms with E-state index in [1.54, 1.807) is 48.5 Å². The van der Waals surface area contributed by atoms with Gasteiger partial charge < -0.3 is 15.4 Å². The lowest BCUT2D eigenvalue weighted by molar-refractivity contribution is -0.173. The molecule has 0 unspecified atom stereocenters. The highest BCUT2D eigenvalue weighted by Crippen LogP contribution is 2.44. The number of nitrogens with one attached hydrogen (secondary N) is 2. The number of halogens is 4. The monoisotopic (exact) mass is 494 g/mol. The third-order valence-electron chi connectivity index (χ3n) is 5.08. The predicted molar refractivity (Wildman–Crippen MR) is 113 cm³/mol. The van der Waals surface area contributed by atoms with Crippen molar-refractivity contribution in [3.63, 3.8) is 0 Å². The van der Waals surface area contributed by atoms with E-state index >= 15 is 0 Å². The van der Waals surface area contributed by atoms with E-state index in [9.17, 15) is 18.0 Å². The highest BCUT2D eigenvalue weighted by atomic mass is 79.9. The quantitative estimate of drug-likeness (QED) is 0.497. The van der Waals surface area contributed by atoms with Crippen molar-refractivity contribution in [1.82, 2.24) is 9.78 Å². The zero-order chi connectivity index (χ0) is 22.2. The van der Waals surface area contributed by atoms with E-state index in [0.29, 0.717) is 17.0 Å². The molecule has 0 spiro atoms. The van der Waals surface area contributed by atoms with Crippen LogP contribution in [0, 0.1) is 0 Å². The molecule has 162 valence electrons. The number of anilines is 2. The Morgan fingerprint density at radius 2 is 2.00 bits per heavy atom. The second kappa shape index (κ2) is 8.26. The van der Waals surface area contributed by atoms with E-state index in [1.807, 2.05) is 0 Å². The number of alkyl halides is 3. The van der Waals surface area contributed by atoms with Gasteiger partial charge in [-0.3, -0.25) is 4.79 Å². The van der Waals surface area contributed by atoms with Gasteiger partial charge in [-0.1, -0.05) is 28.1 Å². The van der Waals surface area contributed by atoms with Crippen LogP contribution in [-0.2, 0) is 0 Å². The molecule has 4 rings (SSSR count). The number of hydrogen-bond donors (Lipinski definition) is 2. The minimum atomic E-state index is -4.53. The van der Waals surface area contributed by atoms with Crippen LogP contribution in [0.2, 0.25) is 0 Å². The lowest BCUT2D eigenvalue weighted by Gasteiger charge is -2.34. The second-order valence-electron chi connectivity index (χ2n) is 7.08. The Kier molecular flexibility index (Phi) is 5.65. The molecule has 0 fully saturated rings. The smallest absolute Gasteiger partial charge is 0.410 e. The first kappa shape index (κ1) is 21.2. The minimum Gasteiger partial charge on any atom is -0.497 e. The van der Waals surface area contributed by atoms with Gasteiger partial charge in [0.2, 0.25) is 0 Å². The largest absolute Gasteiger partial charge is 0.497 e. The van der Waals surface area contributed by atoms with Crippen LogP contribution < -0.4 is 15.4 Å². The maximum Gasteiger partial charge on any atom is 0.410 e. The highest BCUT2D eigenvalue weighted by Gasteiger charge is 2.47. The number of benzene rings is 2. The SMILES string of the molecule is COc1cccc([C@H]2C[C@H](C(F)(F)F)n3ncc(C(=O)Nc4ccc(Br)cc4)c3N2)c1. The molecular weight excluding hydrogens is 477 g/mol. The number of amides is 1. The molecule has 3 aromatic rings. The molecule has 31 heavy (non-hydrogen) atoms. The van der Waals surface area contributed by atoms with Crippen LogP contribution in [0.15, 0.2) is 59.2 Å². The number of ether oxygens (including phenoxy) is 1. The molecule has 6 nitrogen and oxygen atoms in total. The van der Waals surface area contributed by atoms with Gasteiger partial charge in [0.15, 0.2) is 6.04 Å². The molecular formula is C21H18BrF3N4O2. The molecule has 2 heterocycles. The van der Waals surface area contributed by atoms with Crippen LogP contribution in [-0.4, -0.2) is 29.0 Å². The Balaban J connectivity index is 1.68. The van der Waals surface area contributed by atoms with Gasteiger partial charge in [-0.2, -0.15) is 18.3 Å². The van der Waals surface area contributed by atoms with E-state index in [-0.39, 0.29) is 17.8 Å². The average Bonchev–Trinajstić information content (AvgIpc) is 3.18. The summed E-state index contributed by atoms with van der Waals surface area (Å²) in [6, 6.07) is 11.2. The Labute approximate surface area is 184 Å². The standard InChI is InChI=1S/C21H18BrF3N4O2/c1-31-15-4-2-3-12(9-15)17-10-18(21(23,24)25)29-19(28-17)16(11-26-29)20(30)27-14-7-5-13(22)6-8-14/h2-9,11,17-18,28H,10H2,1H3,(H,27,30)/t17-,18-/m1/s1. The molecule has 1 aliphatic rings. The van der Waals surface area contributed by atoms with Crippen molar-refractivity contribution in [2.75, 3.05) is 17.7 Å². The van der Waals surface area contributed by atoms with Crippen molar-refractivity contribution < 1.29 is 22.7 Å². The fourth-order valence-electron chi connectivity index (χ4n) is 3.54. The molecule has 1 amide bonds. The Morgan fingerprint density at radius 1 is 1.26 bits per heavy atom. The number of carbonyl (C=O) groups is 1. The fraction of sp³-hybridized carbons (Fsp3) is 0.238. The van der Waals surface area contributed by atoms with Crippen LogP contribution in [0.5, 0.6) is 5.75 Å². The van der Waals surface area contributed by atoms with Crippen molar-refractivity contribution in [2.24, 2.45) is 0 Å². The molecule has 10 heteroatoms. The van der Waals surface area contributed by atoms with Crippen LogP contribution in [0.1, 0.15) is 34.4 Å². The molecule has 2 aromatic carbocycles. The van der Waals surface area contributed by atoms with Gasteiger partial charge in [0.25, 0.3) is 5.91 Å². The molecule has 2 atom stereocenters. The van der Waals surface area contributed by atoms with Crippen LogP contribution in [0.3, 0.4) is 0 Å². The third-order valence-corrected chi connectivity index (χ3v) is 5.61. The van der Waals surface area contributed by atoms with Crippen molar-refractivity contribution in [3.8, 4) is 5.75 Å². The predicted octanol–water partition coefficient (Wildman–Crippen LogP) is 5.57. The Hall–Kier alpha value is -3.01. The van der Waals surface area contributed by atoms with Gasteiger partial charge in [0, 0.05) is 16.6 Å². The van der Waals surface area contributed by atoms with Gasteiger partial charge in [-0.15, -0.1) is 0 Å². The summed E-state index contributed by atoms with van der Waals surface area (Å²) in [7, 11) is 1.49. The van der Waals surface area contributed by atoms with E-state index < -0.39 is 24.2 Å². The van der Waals surface area contributed by atoms with E-state index in [4.69, 9.17) is 4.74 Å². The molecule has 0 saturated heterocycles. The molecule has 0 bridgehead atoms. The van der Waals surface area contributed by atoms with Crippen molar-refractivity contribution in [3.05, 3.63) is 70.3 Å². The number of methoxy groups -OCH3 is 1. The maximum atomic E-state index is 13.8. The van der Waals surface area contributed by atoms with Crippen molar-refractivity contribution >= 4 is 33.3 Å². The summed E-state index contributed by atoms with van der Waals surface area (Å²) in [5.41, 5.74) is 1.17. The summed E-state index contributed by atoms with van der Waals surface area (Å²) in [6.07, 6.45) is -3.64. The maximum absolute atomic E-state index is 13.8. The number of carbonyl (C=O) groups excluding carboxylic acids is 1. The normalized spacial score (nSPS) is 18.1. The summed E-state index contributed by atoms with van der Waals surface area (Å²) >= 11 is 3.31. The van der Waals surface area contributed by atoms with Gasteiger partial charge in [0.1, 0.15) is 17.1 Å².